The zero-order chi connectivity index (χ0) is 16.0. The number of nitrogens with two attached hydrogens (primary N) is 1. The van der Waals surface area contributed by atoms with Crippen LogP contribution in [-0.4, -0.2) is 10.8 Å². The third kappa shape index (κ3) is 2.25. The number of hydrogen-bond donors (Lipinski definition) is 1. The van der Waals surface area contributed by atoms with Crippen LogP contribution in [0.3, 0.4) is 0 Å². The van der Waals surface area contributed by atoms with E-state index >= 15 is 0 Å². The molecule has 3 nitrogen and oxygen atoms in total. The Morgan fingerprint density at radius 3 is 2.96 bits per heavy atom. The Morgan fingerprint density at radius 2 is 2.09 bits per heavy atom. The van der Waals surface area contributed by atoms with Gasteiger partial charge in [0.25, 0.3) is 0 Å². The fourth-order valence-corrected chi connectivity index (χ4v) is 3.50. The molecule has 0 aliphatic heterocycles. The highest BCUT2D eigenvalue weighted by Gasteiger charge is 2.30. The largest absolute Gasteiger partial charge is 0.322 e. The maximum absolute atomic E-state index is 13.0. The molecule has 0 amide bonds. The maximum Gasteiger partial charge on any atom is 0.193 e. The number of carbonyl (C=O) groups excluding carboxylic acids is 1. The van der Waals surface area contributed by atoms with Crippen molar-refractivity contribution in [3.63, 3.8) is 0 Å². The van der Waals surface area contributed by atoms with Crippen molar-refractivity contribution < 1.29 is 4.79 Å². The molecule has 3 aromatic rings. The Kier molecular flexibility index (Phi) is 3.06. The van der Waals surface area contributed by atoms with Crippen LogP contribution in [0, 0.1) is 0 Å². The summed E-state index contributed by atoms with van der Waals surface area (Å²) >= 11 is 0. The highest BCUT2D eigenvalue weighted by molar-refractivity contribution is 6.16. The number of benzene rings is 2. The summed E-state index contributed by atoms with van der Waals surface area (Å²) in [7, 11) is 0. The number of nitrogens with zero attached hydrogens (tertiary/aromatic N) is 1. The molecule has 0 radical (unpaired) electrons. The Labute approximate surface area is 135 Å². The van der Waals surface area contributed by atoms with Gasteiger partial charge in [-0.25, -0.2) is 0 Å². The Balaban J connectivity index is 1.81. The van der Waals surface area contributed by atoms with E-state index in [9.17, 15) is 4.79 Å². The summed E-state index contributed by atoms with van der Waals surface area (Å²) in [5.74, 6) is 0.0511. The van der Waals surface area contributed by atoms with Crippen LogP contribution in [0.1, 0.15) is 40.4 Å². The quantitative estimate of drug-likeness (QED) is 0.736. The zero-order valence-corrected chi connectivity index (χ0v) is 13.0. The third-order valence-corrected chi connectivity index (χ3v) is 4.82. The molecular weight excluding hydrogens is 284 g/mol. The van der Waals surface area contributed by atoms with Gasteiger partial charge in [-0.1, -0.05) is 30.3 Å². The van der Waals surface area contributed by atoms with Crippen LogP contribution in [0.5, 0.6) is 0 Å². The molecule has 0 saturated carbocycles. The average Bonchev–Trinajstić information content (AvgIpc) is 2.88. The van der Waals surface area contributed by atoms with Gasteiger partial charge in [0, 0.05) is 34.4 Å². The lowest BCUT2D eigenvalue weighted by molar-refractivity contribution is 0.104. The molecule has 1 unspecified atom stereocenters. The van der Waals surface area contributed by atoms with E-state index in [-0.39, 0.29) is 11.3 Å². The van der Waals surface area contributed by atoms with Gasteiger partial charge in [-0.05, 0) is 48.4 Å². The molecule has 1 atom stereocenters. The van der Waals surface area contributed by atoms with E-state index in [0.29, 0.717) is 0 Å². The summed E-state index contributed by atoms with van der Waals surface area (Å²) in [6, 6.07) is 13.6. The predicted molar refractivity (Wildman–Crippen MR) is 91.5 cm³/mol. The normalized spacial score (nSPS) is 19.7. The molecule has 0 spiro atoms. The Bertz CT molecular complexity index is 923. The van der Waals surface area contributed by atoms with Gasteiger partial charge in [0.1, 0.15) is 0 Å². The lowest BCUT2D eigenvalue weighted by Gasteiger charge is -2.19. The van der Waals surface area contributed by atoms with Crippen LogP contribution < -0.4 is 5.73 Å². The average molecular weight is 302 g/mol. The zero-order valence-electron chi connectivity index (χ0n) is 13.0. The lowest BCUT2D eigenvalue weighted by atomic mass is 9.92. The number of carbonyl (C=O) groups is 1. The lowest BCUT2D eigenvalue weighted by Crippen LogP contribution is -2.29. The van der Waals surface area contributed by atoms with Gasteiger partial charge in [-0.2, -0.15) is 0 Å². The number of fused-ring (bicyclic) bond motifs is 2. The number of ketones is 1. The molecule has 4 rings (SSSR count). The molecule has 3 heteroatoms. The van der Waals surface area contributed by atoms with Crippen molar-refractivity contribution in [1.82, 2.24) is 4.98 Å². The van der Waals surface area contributed by atoms with Crippen molar-refractivity contribution in [3.8, 4) is 0 Å². The number of aryl methyl sites for hydroxylation is 1. The van der Waals surface area contributed by atoms with E-state index in [1.807, 2.05) is 42.5 Å². The van der Waals surface area contributed by atoms with Crippen LogP contribution in [0.2, 0.25) is 0 Å². The second kappa shape index (κ2) is 5.00. The van der Waals surface area contributed by atoms with Crippen LogP contribution in [-0.2, 0) is 12.0 Å². The van der Waals surface area contributed by atoms with Gasteiger partial charge in [-0.3, -0.25) is 9.78 Å². The summed E-state index contributed by atoms with van der Waals surface area (Å²) in [4.78, 5) is 17.1. The highest BCUT2D eigenvalue weighted by Crippen LogP contribution is 2.35. The second-order valence-corrected chi connectivity index (χ2v) is 6.52. The number of aromatic nitrogens is 1. The van der Waals surface area contributed by atoms with Gasteiger partial charge in [0.15, 0.2) is 5.78 Å². The van der Waals surface area contributed by atoms with Gasteiger partial charge in [0.2, 0.25) is 0 Å². The van der Waals surface area contributed by atoms with Crippen LogP contribution in [0.4, 0.5) is 0 Å². The van der Waals surface area contributed by atoms with Gasteiger partial charge < -0.3 is 5.73 Å². The molecular formula is C20H18N2O. The summed E-state index contributed by atoms with van der Waals surface area (Å²) in [5, 5.41) is 1.92. The smallest absolute Gasteiger partial charge is 0.193 e. The summed E-state index contributed by atoms with van der Waals surface area (Å²) in [6.45, 7) is 2.05. The molecule has 0 fully saturated rings. The molecule has 1 aromatic heterocycles. The molecule has 1 aliphatic rings. The fraction of sp³-hybridized carbons (Fsp3) is 0.200. The topological polar surface area (TPSA) is 56.0 Å². The van der Waals surface area contributed by atoms with E-state index in [1.54, 1.807) is 12.4 Å². The first-order valence-corrected chi connectivity index (χ1v) is 7.86. The second-order valence-electron chi connectivity index (χ2n) is 6.52. The van der Waals surface area contributed by atoms with E-state index in [1.165, 1.54) is 5.56 Å². The molecule has 0 bridgehead atoms. The standard InChI is InChI=1S/C20H18N2O/c1-20(21)9-7-13-11-14(5-6-18(13)20)19(23)17-4-2-3-15-12-22-10-8-16(15)17/h2-6,8,10-12H,7,9,21H2,1H3. The van der Waals surface area contributed by atoms with Crippen molar-refractivity contribution in [3.05, 3.63) is 77.1 Å². The molecule has 1 heterocycles. The first-order chi connectivity index (χ1) is 11.1. The van der Waals surface area contributed by atoms with Crippen molar-refractivity contribution >= 4 is 16.6 Å². The molecule has 0 saturated heterocycles. The minimum Gasteiger partial charge on any atom is -0.322 e. The molecule has 114 valence electrons. The van der Waals surface area contributed by atoms with Crippen molar-refractivity contribution in [2.24, 2.45) is 5.73 Å². The minimum absolute atomic E-state index is 0.0511. The molecule has 2 N–H and O–H groups in total. The van der Waals surface area contributed by atoms with Gasteiger partial charge >= 0.3 is 0 Å². The van der Waals surface area contributed by atoms with Gasteiger partial charge in [-0.15, -0.1) is 0 Å². The summed E-state index contributed by atoms with van der Waals surface area (Å²) < 4.78 is 0. The molecule has 1 aliphatic carbocycles. The first-order valence-electron chi connectivity index (χ1n) is 7.86. The number of pyridine rings is 1. The van der Waals surface area contributed by atoms with E-state index in [0.717, 1.165) is 40.3 Å². The van der Waals surface area contributed by atoms with Crippen LogP contribution in [0.15, 0.2) is 54.9 Å². The monoisotopic (exact) mass is 302 g/mol. The fourth-order valence-electron chi connectivity index (χ4n) is 3.50. The van der Waals surface area contributed by atoms with Gasteiger partial charge in [0.05, 0.1) is 0 Å². The van der Waals surface area contributed by atoms with Crippen molar-refractivity contribution in [2.45, 2.75) is 25.3 Å². The van der Waals surface area contributed by atoms with Crippen LogP contribution in [0.25, 0.3) is 10.8 Å². The van der Waals surface area contributed by atoms with E-state index in [4.69, 9.17) is 5.73 Å². The third-order valence-electron chi connectivity index (χ3n) is 4.82. The van der Waals surface area contributed by atoms with E-state index in [2.05, 4.69) is 11.9 Å². The molecule has 2 aromatic carbocycles. The summed E-state index contributed by atoms with van der Waals surface area (Å²) in [6.07, 6.45) is 5.37. The van der Waals surface area contributed by atoms with Crippen molar-refractivity contribution in [2.75, 3.05) is 0 Å². The number of hydrogen-bond acceptors (Lipinski definition) is 3. The van der Waals surface area contributed by atoms with Crippen LogP contribution >= 0.6 is 0 Å². The highest BCUT2D eigenvalue weighted by atomic mass is 16.1. The van der Waals surface area contributed by atoms with Crippen molar-refractivity contribution in [1.29, 1.82) is 0 Å². The number of rotatable bonds is 2. The SMILES string of the molecule is CC1(N)CCc2cc(C(=O)c3cccc4cnccc34)ccc21. The molecule has 23 heavy (non-hydrogen) atoms. The Morgan fingerprint density at radius 1 is 1.22 bits per heavy atom. The van der Waals surface area contributed by atoms with E-state index < -0.39 is 0 Å². The predicted octanol–water partition coefficient (Wildman–Crippen LogP) is 3.59. The summed E-state index contributed by atoms with van der Waals surface area (Å²) in [5.41, 5.74) is 9.84. The minimum atomic E-state index is -0.276. The maximum atomic E-state index is 13.0. The Hall–Kier alpha value is -2.52. The first kappa shape index (κ1) is 14.1.